The number of nitrogens with zero attached hydrogens (tertiary/aromatic N) is 4. The molecular weight excluding hydrogens is 304 g/mol. The van der Waals surface area contributed by atoms with Crippen LogP contribution in [0.5, 0.6) is 0 Å². The smallest absolute Gasteiger partial charge is 0.253 e. The fourth-order valence-electron chi connectivity index (χ4n) is 2.59. The minimum Gasteiger partial charge on any atom is -0.348 e. The standard InChI is InChI=1S/C14H17ClN6O/c1-9-4-5-16-7-12(9)18-14(22)11-6-10(15)2-3-13(11)21-8-17-19-20-21/h2-3,6,8-9,12,16H,4-5,7H2,1H3,(H,18,22). The molecule has 0 radical (unpaired) electrons. The van der Waals surface area contributed by atoms with Gasteiger partial charge in [-0.1, -0.05) is 18.5 Å². The Morgan fingerprint density at radius 1 is 1.50 bits per heavy atom. The van der Waals surface area contributed by atoms with Gasteiger partial charge in [-0.15, -0.1) is 5.10 Å². The molecule has 116 valence electrons. The third-order valence-electron chi connectivity index (χ3n) is 3.94. The highest BCUT2D eigenvalue weighted by atomic mass is 35.5. The molecule has 2 unspecified atom stereocenters. The zero-order chi connectivity index (χ0) is 15.5. The monoisotopic (exact) mass is 320 g/mol. The third-order valence-corrected chi connectivity index (χ3v) is 4.18. The summed E-state index contributed by atoms with van der Waals surface area (Å²) in [5, 5.41) is 17.9. The summed E-state index contributed by atoms with van der Waals surface area (Å²) < 4.78 is 1.45. The van der Waals surface area contributed by atoms with E-state index in [9.17, 15) is 4.79 Å². The molecule has 3 rings (SSSR count). The van der Waals surface area contributed by atoms with Gasteiger partial charge in [-0.05, 0) is 47.5 Å². The molecule has 8 heteroatoms. The van der Waals surface area contributed by atoms with E-state index in [1.54, 1.807) is 18.2 Å². The summed E-state index contributed by atoms with van der Waals surface area (Å²) in [5.74, 6) is 0.259. The lowest BCUT2D eigenvalue weighted by molar-refractivity contribution is 0.0915. The number of hydrogen-bond acceptors (Lipinski definition) is 5. The van der Waals surface area contributed by atoms with Gasteiger partial charge >= 0.3 is 0 Å². The van der Waals surface area contributed by atoms with Crippen molar-refractivity contribution in [2.45, 2.75) is 19.4 Å². The molecule has 1 saturated heterocycles. The molecule has 0 saturated carbocycles. The summed E-state index contributed by atoms with van der Waals surface area (Å²) in [5.41, 5.74) is 1.06. The second-order valence-electron chi connectivity index (χ2n) is 5.47. The lowest BCUT2D eigenvalue weighted by Crippen LogP contribution is -2.50. The Balaban J connectivity index is 1.87. The maximum absolute atomic E-state index is 12.6. The Labute approximate surface area is 133 Å². The van der Waals surface area contributed by atoms with Crippen LogP contribution in [-0.4, -0.2) is 45.2 Å². The minimum absolute atomic E-state index is 0.0990. The molecule has 0 aliphatic carbocycles. The summed E-state index contributed by atoms with van der Waals surface area (Å²) in [6.45, 7) is 3.90. The molecule has 2 aromatic rings. The van der Waals surface area contributed by atoms with E-state index in [1.165, 1.54) is 11.0 Å². The van der Waals surface area contributed by atoms with E-state index in [0.717, 1.165) is 19.5 Å². The van der Waals surface area contributed by atoms with Gasteiger partial charge in [0, 0.05) is 17.6 Å². The first-order valence-electron chi connectivity index (χ1n) is 7.19. The second-order valence-corrected chi connectivity index (χ2v) is 5.90. The van der Waals surface area contributed by atoms with Crippen LogP contribution >= 0.6 is 11.6 Å². The van der Waals surface area contributed by atoms with Gasteiger partial charge in [0.05, 0.1) is 11.3 Å². The van der Waals surface area contributed by atoms with Gasteiger partial charge in [-0.2, -0.15) is 4.68 Å². The molecule has 22 heavy (non-hydrogen) atoms. The van der Waals surface area contributed by atoms with Crippen molar-refractivity contribution in [3.8, 4) is 5.69 Å². The van der Waals surface area contributed by atoms with Gasteiger partial charge in [0.15, 0.2) is 0 Å². The summed E-state index contributed by atoms with van der Waals surface area (Å²) in [4.78, 5) is 12.6. The number of halogens is 1. The molecule has 1 aliphatic heterocycles. The molecule has 2 N–H and O–H groups in total. The van der Waals surface area contributed by atoms with Crippen molar-refractivity contribution in [2.75, 3.05) is 13.1 Å². The summed E-state index contributed by atoms with van der Waals surface area (Å²) >= 11 is 6.04. The predicted octanol–water partition coefficient (Wildman–Crippen LogP) is 1.04. The number of piperidine rings is 1. The number of carbonyl (C=O) groups is 1. The number of hydrogen-bond donors (Lipinski definition) is 2. The first kappa shape index (κ1) is 14.9. The van der Waals surface area contributed by atoms with E-state index >= 15 is 0 Å². The minimum atomic E-state index is -0.173. The van der Waals surface area contributed by atoms with Gasteiger partial charge in [-0.25, -0.2) is 0 Å². The van der Waals surface area contributed by atoms with E-state index in [2.05, 4.69) is 33.1 Å². The summed E-state index contributed by atoms with van der Waals surface area (Å²) in [6.07, 6.45) is 2.49. The van der Waals surface area contributed by atoms with Crippen LogP contribution in [0, 0.1) is 5.92 Å². The van der Waals surface area contributed by atoms with Gasteiger partial charge in [-0.3, -0.25) is 4.79 Å². The first-order valence-corrected chi connectivity index (χ1v) is 7.57. The normalized spacial score (nSPS) is 21.5. The predicted molar refractivity (Wildman–Crippen MR) is 82.1 cm³/mol. The molecular formula is C14H17ClN6O. The lowest BCUT2D eigenvalue weighted by Gasteiger charge is -2.30. The number of carbonyl (C=O) groups excluding carboxylic acids is 1. The van der Waals surface area contributed by atoms with Crippen molar-refractivity contribution in [1.82, 2.24) is 30.8 Å². The number of amides is 1. The van der Waals surface area contributed by atoms with Crippen LogP contribution in [0.3, 0.4) is 0 Å². The third kappa shape index (κ3) is 3.10. The fourth-order valence-corrected chi connectivity index (χ4v) is 2.76. The van der Waals surface area contributed by atoms with E-state index in [1.807, 2.05) is 0 Å². The Hall–Kier alpha value is -1.99. The Morgan fingerprint density at radius 3 is 3.09 bits per heavy atom. The SMILES string of the molecule is CC1CCNCC1NC(=O)c1cc(Cl)ccc1-n1cnnn1. The quantitative estimate of drug-likeness (QED) is 0.883. The maximum atomic E-state index is 12.6. The van der Waals surface area contributed by atoms with Crippen LogP contribution in [0.4, 0.5) is 0 Å². The zero-order valence-corrected chi connectivity index (χ0v) is 12.9. The Bertz CT molecular complexity index is 659. The molecule has 2 heterocycles. The Kier molecular flexibility index (Phi) is 4.35. The van der Waals surface area contributed by atoms with Crippen LogP contribution in [-0.2, 0) is 0 Å². The van der Waals surface area contributed by atoms with Crippen molar-refractivity contribution in [3.63, 3.8) is 0 Å². The van der Waals surface area contributed by atoms with E-state index < -0.39 is 0 Å². The van der Waals surface area contributed by atoms with Gasteiger partial charge in [0.25, 0.3) is 5.91 Å². The van der Waals surface area contributed by atoms with Crippen LogP contribution in [0.1, 0.15) is 23.7 Å². The van der Waals surface area contributed by atoms with Crippen LogP contribution in [0.2, 0.25) is 5.02 Å². The fraction of sp³-hybridized carbons (Fsp3) is 0.429. The zero-order valence-electron chi connectivity index (χ0n) is 12.2. The molecule has 0 bridgehead atoms. The molecule has 1 amide bonds. The van der Waals surface area contributed by atoms with Crippen LogP contribution in [0.15, 0.2) is 24.5 Å². The highest BCUT2D eigenvalue weighted by molar-refractivity contribution is 6.31. The largest absolute Gasteiger partial charge is 0.348 e. The number of aromatic nitrogens is 4. The highest BCUT2D eigenvalue weighted by Crippen LogP contribution is 2.20. The molecule has 1 aliphatic rings. The van der Waals surface area contributed by atoms with Crippen molar-refractivity contribution in [2.24, 2.45) is 5.92 Å². The van der Waals surface area contributed by atoms with Gasteiger partial charge < -0.3 is 10.6 Å². The van der Waals surface area contributed by atoms with Crippen molar-refractivity contribution in [3.05, 3.63) is 35.1 Å². The van der Waals surface area contributed by atoms with Gasteiger partial charge in [0.1, 0.15) is 6.33 Å². The second kappa shape index (κ2) is 6.41. The molecule has 7 nitrogen and oxygen atoms in total. The van der Waals surface area contributed by atoms with Crippen molar-refractivity contribution in [1.29, 1.82) is 0 Å². The molecule has 2 atom stereocenters. The van der Waals surface area contributed by atoms with E-state index in [0.29, 0.717) is 22.2 Å². The highest BCUT2D eigenvalue weighted by Gasteiger charge is 2.24. The first-order chi connectivity index (χ1) is 10.6. The number of rotatable bonds is 3. The lowest BCUT2D eigenvalue weighted by atomic mass is 9.94. The Morgan fingerprint density at radius 2 is 2.36 bits per heavy atom. The van der Waals surface area contributed by atoms with Crippen LogP contribution in [0.25, 0.3) is 5.69 Å². The number of nitrogens with one attached hydrogen (secondary N) is 2. The molecule has 1 fully saturated rings. The number of tetrazole rings is 1. The van der Waals surface area contributed by atoms with Crippen molar-refractivity contribution >= 4 is 17.5 Å². The molecule has 0 spiro atoms. The van der Waals surface area contributed by atoms with E-state index in [4.69, 9.17) is 11.6 Å². The van der Waals surface area contributed by atoms with Crippen molar-refractivity contribution < 1.29 is 4.79 Å². The topological polar surface area (TPSA) is 84.7 Å². The van der Waals surface area contributed by atoms with Gasteiger partial charge in [0.2, 0.25) is 0 Å². The van der Waals surface area contributed by atoms with Crippen LogP contribution < -0.4 is 10.6 Å². The number of benzene rings is 1. The summed E-state index contributed by atoms with van der Waals surface area (Å²) in [6, 6.07) is 5.17. The summed E-state index contributed by atoms with van der Waals surface area (Å²) in [7, 11) is 0. The molecule has 1 aromatic heterocycles. The maximum Gasteiger partial charge on any atom is 0.253 e. The van der Waals surface area contributed by atoms with E-state index in [-0.39, 0.29) is 11.9 Å². The average Bonchev–Trinajstić information content (AvgIpc) is 3.03. The average molecular weight is 321 g/mol. The molecule has 1 aromatic carbocycles.